The molecule has 0 aromatic heterocycles. The van der Waals surface area contributed by atoms with Gasteiger partial charge in [-0.25, -0.2) is 0 Å². The van der Waals surface area contributed by atoms with E-state index in [1.165, 1.54) is 0 Å². The average molecular weight is 341 g/mol. The molecular formula is Co3MnNiV. The third-order valence-electron chi connectivity index (χ3n) is 0. The van der Waals surface area contributed by atoms with Gasteiger partial charge in [-0.05, 0) is 0 Å². The summed E-state index contributed by atoms with van der Waals surface area (Å²) in [4.78, 5) is 0. The van der Waals surface area contributed by atoms with Crippen molar-refractivity contribution in [3.8, 4) is 0 Å². The van der Waals surface area contributed by atoms with Gasteiger partial charge in [-0.2, -0.15) is 0 Å². The van der Waals surface area contributed by atoms with Crippen LogP contribution in [0.2, 0.25) is 0 Å². The Kier molecular flexibility index (Phi) is 436. The predicted octanol–water partition coefficient (Wildman–Crippen LogP) is -0.0150. The molecule has 0 spiro atoms. The molecule has 0 fully saturated rings. The summed E-state index contributed by atoms with van der Waals surface area (Å²) >= 11 is 0. The second kappa shape index (κ2) is 42.3. The molecule has 0 aliphatic rings. The molecule has 0 unspecified atom stereocenters. The SMILES string of the molecule is [Co].[Co].[Co].[Mn].[Ni].[V]. The molecule has 0 amide bonds. The van der Waals surface area contributed by atoms with Crippen molar-refractivity contribution < 1.29 is 102 Å². The fraction of sp³-hybridized carbons (Fsp3) is 0. The summed E-state index contributed by atoms with van der Waals surface area (Å²) < 4.78 is 0. The third-order valence-corrected chi connectivity index (χ3v) is 0. The van der Waals surface area contributed by atoms with E-state index in [-0.39, 0.29) is 102 Å². The summed E-state index contributed by atoms with van der Waals surface area (Å²) in [7, 11) is 0. The second-order valence-corrected chi connectivity index (χ2v) is 0. The quantitative estimate of drug-likeness (QED) is 0.544. The molecule has 5 radical (unpaired) electrons. The third kappa shape index (κ3) is 27.4. The summed E-state index contributed by atoms with van der Waals surface area (Å²) in [5.74, 6) is 0. The van der Waals surface area contributed by atoms with E-state index >= 15 is 0 Å². The van der Waals surface area contributed by atoms with Crippen molar-refractivity contribution in [2.45, 2.75) is 0 Å². The summed E-state index contributed by atoms with van der Waals surface area (Å²) in [6.07, 6.45) is 0. The average Bonchev–Trinajstić information content (AvgIpc) is 0. The molecule has 0 saturated carbocycles. The summed E-state index contributed by atoms with van der Waals surface area (Å²) in [5, 5.41) is 0. The molecule has 6 heavy (non-hydrogen) atoms. The van der Waals surface area contributed by atoms with Crippen LogP contribution in [0.25, 0.3) is 0 Å². The Morgan fingerprint density at radius 1 is 0.667 bits per heavy atom. The first-order valence-electron chi connectivity index (χ1n) is 0. The van der Waals surface area contributed by atoms with Crippen LogP contribution < -0.4 is 0 Å². The molecular weight excluding hydrogens is 341 g/mol. The number of hydrogen-bond donors (Lipinski definition) is 0. The smallest absolute Gasteiger partial charge is 0 e. The van der Waals surface area contributed by atoms with Crippen LogP contribution in [0.1, 0.15) is 0 Å². The molecule has 0 saturated heterocycles. The molecule has 0 aromatic rings. The van der Waals surface area contributed by atoms with Gasteiger partial charge >= 0.3 is 0 Å². The van der Waals surface area contributed by atoms with Crippen LogP contribution in [0.4, 0.5) is 0 Å². The first kappa shape index (κ1) is 61.8. The van der Waals surface area contributed by atoms with Crippen molar-refractivity contribution in [1.29, 1.82) is 0 Å². The van der Waals surface area contributed by atoms with E-state index in [9.17, 15) is 0 Å². The van der Waals surface area contributed by atoms with Gasteiger partial charge in [-0.15, -0.1) is 0 Å². The van der Waals surface area contributed by atoms with Crippen molar-refractivity contribution in [3.63, 3.8) is 0 Å². The van der Waals surface area contributed by atoms with Crippen LogP contribution in [0, 0.1) is 0 Å². The molecule has 49 valence electrons. The molecule has 0 aliphatic heterocycles. The van der Waals surface area contributed by atoms with Crippen LogP contribution in [-0.4, -0.2) is 0 Å². The fourth-order valence-corrected chi connectivity index (χ4v) is 0. The summed E-state index contributed by atoms with van der Waals surface area (Å²) in [6, 6.07) is 0. The maximum absolute atomic E-state index is 0. The van der Waals surface area contributed by atoms with Crippen molar-refractivity contribution in [2.75, 3.05) is 0 Å². The van der Waals surface area contributed by atoms with E-state index in [1.807, 2.05) is 0 Å². The van der Waals surface area contributed by atoms with Crippen molar-refractivity contribution in [3.05, 3.63) is 0 Å². The van der Waals surface area contributed by atoms with Crippen molar-refractivity contribution in [1.82, 2.24) is 0 Å². The Labute approximate surface area is 101 Å². The standard InChI is InChI=1S/3Co.Mn.Ni.V. The van der Waals surface area contributed by atoms with Crippen LogP contribution >= 0.6 is 0 Å². The minimum Gasteiger partial charge on any atom is 0 e. The van der Waals surface area contributed by atoms with Gasteiger partial charge < -0.3 is 0 Å². The Bertz CT molecular complexity index is 10.8. The maximum Gasteiger partial charge on any atom is 0 e. The normalized spacial score (nSPS) is 0. The first-order chi connectivity index (χ1) is 0. The topological polar surface area (TPSA) is 0 Å². The van der Waals surface area contributed by atoms with E-state index < -0.39 is 0 Å². The zero-order valence-corrected chi connectivity index (χ0v) is 8.83. The second-order valence-electron chi connectivity index (χ2n) is 0. The minimum atomic E-state index is 0. The number of hydrogen-bond acceptors (Lipinski definition) is 0. The first-order valence-corrected chi connectivity index (χ1v) is 0. The monoisotopic (exact) mass is 341 g/mol. The Hall–Kier alpha value is 3.12. The van der Waals surface area contributed by atoms with Crippen LogP contribution in [0.3, 0.4) is 0 Å². The van der Waals surface area contributed by atoms with E-state index in [0.717, 1.165) is 0 Å². The molecule has 0 bridgehead atoms. The fourth-order valence-electron chi connectivity index (χ4n) is 0. The van der Waals surface area contributed by atoms with Crippen LogP contribution in [0.5, 0.6) is 0 Å². The molecule has 0 aromatic carbocycles. The van der Waals surface area contributed by atoms with Crippen molar-refractivity contribution >= 4 is 0 Å². The van der Waals surface area contributed by atoms with Gasteiger partial charge in [0.2, 0.25) is 0 Å². The van der Waals surface area contributed by atoms with Gasteiger partial charge in [-0.1, -0.05) is 0 Å². The summed E-state index contributed by atoms with van der Waals surface area (Å²) in [6.45, 7) is 0. The van der Waals surface area contributed by atoms with Gasteiger partial charge in [0.15, 0.2) is 0 Å². The van der Waals surface area contributed by atoms with Gasteiger partial charge in [0.05, 0.1) is 0 Å². The molecule has 0 rings (SSSR count). The maximum atomic E-state index is 0. The van der Waals surface area contributed by atoms with Crippen LogP contribution in [-0.2, 0) is 102 Å². The van der Waals surface area contributed by atoms with E-state index in [2.05, 4.69) is 0 Å². The van der Waals surface area contributed by atoms with Crippen molar-refractivity contribution in [2.24, 2.45) is 0 Å². The van der Waals surface area contributed by atoms with E-state index in [0.29, 0.717) is 0 Å². The van der Waals surface area contributed by atoms with Gasteiger partial charge in [0, 0.05) is 102 Å². The molecule has 0 nitrogen and oxygen atoms in total. The number of rotatable bonds is 0. The van der Waals surface area contributed by atoms with Gasteiger partial charge in [-0.3, -0.25) is 0 Å². The van der Waals surface area contributed by atoms with Gasteiger partial charge in [0.25, 0.3) is 0 Å². The molecule has 0 atom stereocenters. The molecule has 0 heterocycles. The summed E-state index contributed by atoms with van der Waals surface area (Å²) in [5.41, 5.74) is 0. The Balaban J connectivity index is 0. The van der Waals surface area contributed by atoms with Crippen LogP contribution in [0.15, 0.2) is 0 Å². The predicted molar refractivity (Wildman–Crippen MR) is 0 cm³/mol. The van der Waals surface area contributed by atoms with E-state index in [4.69, 9.17) is 0 Å². The van der Waals surface area contributed by atoms with Gasteiger partial charge in [0.1, 0.15) is 0 Å². The zero-order valence-electron chi connectivity index (χ0n) is 2.14. The Morgan fingerprint density at radius 3 is 0.667 bits per heavy atom. The molecule has 0 aliphatic carbocycles. The molecule has 0 N–H and O–H groups in total. The molecule has 6 heteroatoms. The zero-order chi connectivity index (χ0) is 0. The largest absolute Gasteiger partial charge is 0 e. The van der Waals surface area contributed by atoms with E-state index in [1.54, 1.807) is 0 Å². The minimum absolute atomic E-state index is 0. The Morgan fingerprint density at radius 2 is 0.667 bits per heavy atom.